The van der Waals surface area contributed by atoms with Gasteiger partial charge in [0, 0.05) is 25.7 Å². The van der Waals surface area contributed by atoms with Crippen LogP contribution in [0.3, 0.4) is 0 Å². The highest BCUT2D eigenvalue weighted by Crippen LogP contribution is 2.33. The van der Waals surface area contributed by atoms with Gasteiger partial charge in [0.25, 0.3) is 10.0 Å². The lowest BCUT2D eigenvalue weighted by atomic mass is 10.1. The molecule has 192 valence electrons. The summed E-state index contributed by atoms with van der Waals surface area (Å²) in [6.45, 7) is 0.312. The van der Waals surface area contributed by atoms with Gasteiger partial charge in [0.05, 0.1) is 15.6 Å². The van der Waals surface area contributed by atoms with E-state index in [2.05, 4.69) is 15.6 Å². The van der Waals surface area contributed by atoms with Crippen LogP contribution in [-0.2, 0) is 27.5 Å². The fraction of sp³-hybridized carbons (Fsp3) is 0.304. The number of nitrogens with zero attached hydrogens (tertiary/aromatic N) is 2. The smallest absolute Gasteiger partial charge is 0.373 e. The number of sulfonamides is 1. The standard InChI is InChI=1S/C23H22ClF3N4O3S2/c1-28-20-12-14(11-17(30-20)15-4-6-16(7-5-15)23(25,26)27)13-29-22(32)18-3-2-10-31(18)36(33,34)21-9-8-19(24)35-21/h4-9,11-12,18H,2-3,10,13H2,1H3,(H,28,30)(H,29,32). The molecule has 0 radical (unpaired) electrons. The van der Waals surface area contributed by atoms with Crippen molar-refractivity contribution in [2.75, 3.05) is 18.9 Å². The normalized spacial score (nSPS) is 16.8. The zero-order valence-electron chi connectivity index (χ0n) is 19.0. The Hall–Kier alpha value is -2.67. The number of rotatable bonds is 7. The number of hydrogen-bond acceptors (Lipinski definition) is 6. The van der Waals surface area contributed by atoms with Gasteiger partial charge in [-0.2, -0.15) is 17.5 Å². The van der Waals surface area contributed by atoms with Crippen LogP contribution in [0.2, 0.25) is 4.34 Å². The van der Waals surface area contributed by atoms with E-state index >= 15 is 0 Å². The molecular weight excluding hydrogens is 537 g/mol. The molecule has 1 fully saturated rings. The van der Waals surface area contributed by atoms with Crippen molar-refractivity contribution in [3.05, 3.63) is 64.0 Å². The second-order valence-corrected chi connectivity index (χ2v) is 12.0. The molecule has 4 rings (SSSR count). The summed E-state index contributed by atoms with van der Waals surface area (Å²) in [5.41, 5.74) is 0.800. The number of nitrogens with one attached hydrogen (secondary N) is 2. The predicted octanol–water partition coefficient (Wildman–Crippen LogP) is 4.99. The van der Waals surface area contributed by atoms with Gasteiger partial charge in [0.15, 0.2) is 0 Å². The van der Waals surface area contributed by atoms with Crippen molar-refractivity contribution >= 4 is 44.7 Å². The minimum atomic E-state index is -4.44. The number of benzene rings is 1. The quantitative estimate of drug-likeness (QED) is 0.426. The Morgan fingerprint density at radius 2 is 1.92 bits per heavy atom. The maximum Gasteiger partial charge on any atom is 0.416 e. The third kappa shape index (κ3) is 5.66. The van der Waals surface area contributed by atoms with E-state index < -0.39 is 33.7 Å². The summed E-state index contributed by atoms with van der Waals surface area (Å²) in [7, 11) is -2.20. The molecule has 0 aliphatic carbocycles. The first-order valence-electron chi connectivity index (χ1n) is 10.9. The van der Waals surface area contributed by atoms with Crippen molar-refractivity contribution in [2.24, 2.45) is 0 Å². The highest BCUT2D eigenvalue weighted by Gasteiger charge is 2.40. The van der Waals surface area contributed by atoms with Crippen molar-refractivity contribution in [1.82, 2.24) is 14.6 Å². The Bertz CT molecular complexity index is 1360. The van der Waals surface area contributed by atoms with Gasteiger partial charge in [-0.25, -0.2) is 13.4 Å². The van der Waals surface area contributed by atoms with Crippen LogP contribution in [0.1, 0.15) is 24.0 Å². The van der Waals surface area contributed by atoms with E-state index in [1.807, 2.05) is 0 Å². The summed E-state index contributed by atoms with van der Waals surface area (Å²) in [5.74, 6) is 0.0360. The number of pyridine rings is 1. The molecule has 1 aliphatic rings. The highest BCUT2D eigenvalue weighted by atomic mass is 35.5. The molecule has 0 spiro atoms. The molecule has 0 saturated carbocycles. The zero-order chi connectivity index (χ0) is 26.1. The first kappa shape index (κ1) is 26.4. The number of aromatic nitrogens is 1. The SMILES string of the molecule is CNc1cc(CNC(=O)C2CCCN2S(=O)(=O)c2ccc(Cl)s2)cc(-c2ccc(C(F)(F)F)cc2)n1. The molecule has 1 saturated heterocycles. The summed E-state index contributed by atoms with van der Waals surface area (Å²) < 4.78 is 66.3. The molecule has 1 aliphatic heterocycles. The Balaban J connectivity index is 1.50. The van der Waals surface area contributed by atoms with Gasteiger partial charge < -0.3 is 10.6 Å². The maximum atomic E-state index is 13.0. The molecule has 3 aromatic rings. The number of halogens is 4. The lowest BCUT2D eigenvalue weighted by molar-refractivity contribution is -0.137. The Labute approximate surface area is 215 Å². The Kier molecular flexibility index (Phi) is 7.60. The van der Waals surface area contributed by atoms with E-state index in [0.29, 0.717) is 39.8 Å². The summed E-state index contributed by atoms with van der Waals surface area (Å²) >= 11 is 6.83. The van der Waals surface area contributed by atoms with Crippen LogP contribution >= 0.6 is 22.9 Å². The van der Waals surface area contributed by atoms with E-state index in [1.54, 1.807) is 19.2 Å². The van der Waals surface area contributed by atoms with Crippen LogP contribution in [0.15, 0.2) is 52.7 Å². The lowest BCUT2D eigenvalue weighted by Gasteiger charge is -2.22. The van der Waals surface area contributed by atoms with Gasteiger partial charge in [0.2, 0.25) is 5.91 Å². The van der Waals surface area contributed by atoms with Crippen LogP contribution in [-0.4, -0.2) is 43.2 Å². The van der Waals surface area contributed by atoms with E-state index in [-0.39, 0.29) is 17.3 Å². The fourth-order valence-corrected chi connectivity index (χ4v) is 7.21. The van der Waals surface area contributed by atoms with Crippen LogP contribution < -0.4 is 10.6 Å². The second kappa shape index (κ2) is 10.4. The molecule has 0 bridgehead atoms. The van der Waals surface area contributed by atoms with E-state index in [0.717, 1.165) is 23.5 Å². The Morgan fingerprint density at radius 1 is 1.19 bits per heavy atom. The first-order chi connectivity index (χ1) is 17.0. The molecule has 36 heavy (non-hydrogen) atoms. The van der Waals surface area contributed by atoms with Gasteiger partial charge >= 0.3 is 6.18 Å². The summed E-state index contributed by atoms with van der Waals surface area (Å²) in [4.78, 5) is 17.4. The Morgan fingerprint density at radius 3 is 2.53 bits per heavy atom. The summed E-state index contributed by atoms with van der Waals surface area (Å²) in [5, 5.41) is 5.69. The number of amides is 1. The number of carbonyl (C=O) groups is 1. The van der Waals surface area contributed by atoms with Crippen molar-refractivity contribution in [3.63, 3.8) is 0 Å². The number of alkyl halides is 3. The van der Waals surface area contributed by atoms with Gasteiger partial charge in [-0.3, -0.25) is 4.79 Å². The summed E-state index contributed by atoms with van der Waals surface area (Å²) in [6, 6.07) is 10.1. The van der Waals surface area contributed by atoms with Gasteiger partial charge in [-0.05, 0) is 54.8 Å². The first-order valence-corrected chi connectivity index (χ1v) is 13.5. The minimum Gasteiger partial charge on any atom is -0.373 e. The van der Waals surface area contributed by atoms with Crippen LogP contribution in [0.5, 0.6) is 0 Å². The third-order valence-electron chi connectivity index (χ3n) is 5.73. The van der Waals surface area contributed by atoms with Crippen molar-refractivity contribution in [3.8, 4) is 11.3 Å². The topological polar surface area (TPSA) is 91.4 Å². The molecule has 7 nitrogen and oxygen atoms in total. The van der Waals surface area contributed by atoms with Crippen molar-refractivity contribution in [1.29, 1.82) is 0 Å². The molecule has 1 amide bonds. The molecule has 2 N–H and O–H groups in total. The fourth-order valence-electron chi connectivity index (χ4n) is 3.94. The van der Waals surface area contributed by atoms with Gasteiger partial charge in [-0.1, -0.05) is 23.7 Å². The average molecular weight is 559 g/mol. The highest BCUT2D eigenvalue weighted by molar-refractivity contribution is 7.91. The molecule has 1 unspecified atom stereocenters. The van der Waals surface area contributed by atoms with Crippen LogP contribution in [0.4, 0.5) is 19.0 Å². The third-order valence-corrected chi connectivity index (χ3v) is 9.34. The molecular formula is C23H22ClF3N4O3S2. The average Bonchev–Trinajstić information content (AvgIpc) is 3.52. The number of carbonyl (C=O) groups excluding carboxylic acids is 1. The van der Waals surface area contributed by atoms with Gasteiger partial charge in [0.1, 0.15) is 16.1 Å². The molecule has 2 aromatic heterocycles. The minimum absolute atomic E-state index is 0.0822. The molecule has 1 atom stereocenters. The van der Waals surface area contributed by atoms with Crippen molar-refractivity contribution < 1.29 is 26.4 Å². The number of thiophene rings is 1. The number of anilines is 1. The predicted molar refractivity (Wildman–Crippen MR) is 132 cm³/mol. The van der Waals surface area contributed by atoms with E-state index in [1.165, 1.54) is 28.6 Å². The van der Waals surface area contributed by atoms with E-state index in [9.17, 15) is 26.4 Å². The molecule has 3 heterocycles. The lowest BCUT2D eigenvalue weighted by Crippen LogP contribution is -2.45. The maximum absolute atomic E-state index is 13.0. The summed E-state index contributed by atoms with van der Waals surface area (Å²) in [6.07, 6.45) is -3.50. The van der Waals surface area contributed by atoms with Gasteiger partial charge in [-0.15, -0.1) is 11.3 Å². The number of hydrogen-bond donors (Lipinski definition) is 2. The molecule has 1 aromatic carbocycles. The largest absolute Gasteiger partial charge is 0.416 e. The molecule has 13 heteroatoms. The second-order valence-electron chi connectivity index (χ2n) is 8.12. The zero-order valence-corrected chi connectivity index (χ0v) is 21.4. The van der Waals surface area contributed by atoms with Crippen molar-refractivity contribution in [2.45, 2.75) is 35.8 Å². The van der Waals surface area contributed by atoms with Crippen LogP contribution in [0.25, 0.3) is 11.3 Å². The monoisotopic (exact) mass is 558 g/mol. The van der Waals surface area contributed by atoms with Crippen LogP contribution in [0, 0.1) is 0 Å². The van der Waals surface area contributed by atoms with E-state index in [4.69, 9.17) is 11.6 Å².